The zero-order valence-electron chi connectivity index (χ0n) is 15.3. The molecule has 1 aliphatic rings. The van der Waals surface area contributed by atoms with E-state index in [1.54, 1.807) is 24.3 Å². The Morgan fingerprint density at radius 2 is 1.50 bits per heavy atom. The van der Waals surface area contributed by atoms with Crippen LogP contribution in [0.3, 0.4) is 0 Å². The van der Waals surface area contributed by atoms with Gasteiger partial charge in [-0.25, -0.2) is 0 Å². The van der Waals surface area contributed by atoms with Crippen molar-refractivity contribution in [3.05, 3.63) is 79.9 Å². The lowest BCUT2D eigenvalue weighted by Gasteiger charge is -2.35. The number of nitrogens with zero attached hydrogens (tertiary/aromatic N) is 3. The van der Waals surface area contributed by atoms with E-state index in [1.165, 1.54) is 24.3 Å². The third kappa shape index (κ3) is 3.84. The first-order valence-corrected chi connectivity index (χ1v) is 8.99. The zero-order valence-corrected chi connectivity index (χ0v) is 15.3. The Labute approximate surface area is 161 Å². The average Bonchev–Trinajstić information content (AvgIpc) is 2.72. The third-order valence-corrected chi connectivity index (χ3v) is 5.32. The van der Waals surface area contributed by atoms with E-state index in [1.807, 2.05) is 6.92 Å². The molecule has 0 spiro atoms. The maximum atomic E-state index is 10.9. The Bertz CT molecular complexity index is 896. The van der Waals surface area contributed by atoms with Crippen molar-refractivity contribution < 1.29 is 20.4 Å². The number of piperidine rings is 1. The topological polar surface area (TPSA) is 135 Å². The molecular formula is C19H21N4O5+. The molecule has 2 aromatic rings. The van der Waals surface area contributed by atoms with Crippen LogP contribution in [0.15, 0.2) is 53.7 Å². The van der Waals surface area contributed by atoms with Gasteiger partial charge in [0.05, 0.1) is 21.5 Å². The highest BCUT2D eigenvalue weighted by Gasteiger charge is 2.39. The number of non-ortho nitro benzene ring substituents is 2. The molecule has 0 bridgehead atoms. The summed E-state index contributed by atoms with van der Waals surface area (Å²) in [6.07, 6.45) is 1.28. The summed E-state index contributed by atoms with van der Waals surface area (Å²) < 4.78 is 0. The van der Waals surface area contributed by atoms with E-state index in [2.05, 4.69) is 10.5 Å². The van der Waals surface area contributed by atoms with Gasteiger partial charge in [0, 0.05) is 41.8 Å². The molecule has 1 heterocycles. The molecule has 0 radical (unpaired) electrons. The minimum atomic E-state index is -0.443. The smallest absolute Gasteiger partial charge is 0.269 e. The number of benzene rings is 2. The molecular weight excluding hydrogens is 364 g/mol. The molecule has 28 heavy (non-hydrogen) atoms. The lowest BCUT2D eigenvalue weighted by molar-refractivity contribution is -0.742. The molecule has 0 amide bonds. The fourth-order valence-electron chi connectivity index (χ4n) is 3.87. The highest BCUT2D eigenvalue weighted by molar-refractivity contribution is 5.88. The van der Waals surface area contributed by atoms with Gasteiger partial charge in [-0.15, -0.1) is 0 Å². The van der Waals surface area contributed by atoms with Crippen LogP contribution in [0.4, 0.5) is 11.4 Å². The molecule has 9 nitrogen and oxygen atoms in total. The molecule has 3 rings (SSSR count). The van der Waals surface area contributed by atoms with Gasteiger partial charge in [-0.3, -0.25) is 20.2 Å². The molecule has 2 aromatic carbocycles. The number of oxime groups is 1. The van der Waals surface area contributed by atoms with Gasteiger partial charge in [-0.2, -0.15) is 0 Å². The van der Waals surface area contributed by atoms with Crippen molar-refractivity contribution in [3.8, 4) is 0 Å². The summed E-state index contributed by atoms with van der Waals surface area (Å²) in [5, 5.41) is 37.0. The second kappa shape index (κ2) is 8.13. The molecule has 0 aromatic heterocycles. The largest absolute Gasteiger partial charge is 0.411 e. The molecule has 9 heteroatoms. The predicted octanol–water partition coefficient (Wildman–Crippen LogP) is 3.11. The Balaban J connectivity index is 1.93. The summed E-state index contributed by atoms with van der Waals surface area (Å²) in [6.45, 7) is 2.01. The fourth-order valence-corrected chi connectivity index (χ4v) is 3.87. The van der Waals surface area contributed by atoms with E-state index in [-0.39, 0.29) is 29.4 Å². The number of nitrogens with two attached hydrogens (primary N) is 1. The average molecular weight is 385 g/mol. The number of hydrogen-bond acceptors (Lipinski definition) is 6. The van der Waals surface area contributed by atoms with Gasteiger partial charge in [0.2, 0.25) is 0 Å². The second-order valence-electron chi connectivity index (χ2n) is 6.83. The quantitative estimate of drug-likeness (QED) is 0.463. The van der Waals surface area contributed by atoms with Crippen molar-refractivity contribution in [1.29, 1.82) is 0 Å². The lowest BCUT2D eigenvalue weighted by atomic mass is 9.79. The normalized spacial score (nSPS) is 23.5. The molecule has 1 aliphatic heterocycles. The van der Waals surface area contributed by atoms with Crippen LogP contribution in [-0.4, -0.2) is 20.8 Å². The van der Waals surface area contributed by atoms with Crippen LogP contribution >= 0.6 is 0 Å². The van der Waals surface area contributed by atoms with Crippen molar-refractivity contribution in [2.45, 2.75) is 31.8 Å². The first-order chi connectivity index (χ1) is 13.4. The Morgan fingerprint density at radius 3 is 1.93 bits per heavy atom. The van der Waals surface area contributed by atoms with E-state index in [0.29, 0.717) is 12.1 Å². The second-order valence-corrected chi connectivity index (χ2v) is 6.83. The molecule has 3 N–H and O–H groups in total. The van der Waals surface area contributed by atoms with E-state index in [0.717, 1.165) is 17.5 Å². The number of hydrogen-bond donors (Lipinski definition) is 2. The lowest BCUT2D eigenvalue weighted by Crippen LogP contribution is -2.90. The van der Waals surface area contributed by atoms with E-state index in [9.17, 15) is 25.4 Å². The fraction of sp³-hybridized carbons (Fsp3) is 0.316. The van der Waals surface area contributed by atoms with Gasteiger partial charge < -0.3 is 10.5 Å². The number of nitro groups is 2. The molecule has 1 saturated heterocycles. The van der Waals surface area contributed by atoms with E-state index >= 15 is 0 Å². The molecule has 0 unspecified atom stereocenters. The first kappa shape index (κ1) is 19.4. The predicted molar refractivity (Wildman–Crippen MR) is 101 cm³/mol. The van der Waals surface area contributed by atoms with Crippen LogP contribution in [-0.2, 0) is 0 Å². The van der Waals surface area contributed by atoms with E-state index < -0.39 is 9.85 Å². The van der Waals surface area contributed by atoms with Crippen LogP contribution in [0.25, 0.3) is 0 Å². The summed E-state index contributed by atoms with van der Waals surface area (Å²) in [7, 11) is 0. The maximum Gasteiger partial charge on any atom is 0.269 e. The van der Waals surface area contributed by atoms with Crippen LogP contribution in [0.1, 0.15) is 43.0 Å². The summed E-state index contributed by atoms with van der Waals surface area (Å²) in [6, 6.07) is 12.6. The Kier molecular flexibility index (Phi) is 5.65. The maximum absolute atomic E-state index is 10.9. The van der Waals surface area contributed by atoms with Crippen molar-refractivity contribution in [2.75, 3.05) is 0 Å². The highest BCUT2D eigenvalue weighted by atomic mass is 16.6. The number of quaternary nitrogens is 1. The van der Waals surface area contributed by atoms with Gasteiger partial charge in [-0.05, 0) is 30.7 Å². The highest BCUT2D eigenvalue weighted by Crippen LogP contribution is 2.32. The van der Waals surface area contributed by atoms with Gasteiger partial charge in [0.15, 0.2) is 0 Å². The molecule has 3 atom stereocenters. The van der Waals surface area contributed by atoms with Crippen molar-refractivity contribution in [3.63, 3.8) is 0 Å². The first-order valence-electron chi connectivity index (χ1n) is 8.99. The SMILES string of the molecule is CC[C@H]1/C(=N/O)C[C@@H](c2ccc([N+](=O)[O-])cc2)[NH2+][C@H]1c1ccc([N+](=O)[O-])cc1. The molecule has 0 aliphatic carbocycles. The minimum Gasteiger partial charge on any atom is -0.411 e. The standard InChI is InChI=1S/C19H20N4O5/c1-2-16-18(21-24)11-17(12-3-7-14(8-4-12)22(25)26)20-19(16)13-5-9-15(10-6-13)23(27)28/h3-10,16-17,19-20,24H,2,11H2,1H3/p+1/b21-18+/t16-,17-,19-/m0/s1. The van der Waals surface area contributed by atoms with Gasteiger partial charge in [0.1, 0.15) is 12.1 Å². The molecule has 0 saturated carbocycles. The van der Waals surface area contributed by atoms with Crippen LogP contribution in [0, 0.1) is 26.1 Å². The van der Waals surface area contributed by atoms with Crippen LogP contribution < -0.4 is 5.32 Å². The third-order valence-electron chi connectivity index (χ3n) is 5.32. The van der Waals surface area contributed by atoms with Crippen molar-refractivity contribution in [2.24, 2.45) is 11.1 Å². The Hall–Kier alpha value is -3.33. The monoisotopic (exact) mass is 385 g/mol. The Morgan fingerprint density at radius 1 is 1.00 bits per heavy atom. The summed E-state index contributed by atoms with van der Waals surface area (Å²) in [4.78, 5) is 20.9. The van der Waals surface area contributed by atoms with Gasteiger partial charge >= 0.3 is 0 Å². The number of nitro benzene ring substituents is 2. The summed E-state index contributed by atoms with van der Waals surface area (Å²) >= 11 is 0. The van der Waals surface area contributed by atoms with Gasteiger partial charge in [0.25, 0.3) is 11.4 Å². The van der Waals surface area contributed by atoms with Gasteiger partial charge in [-0.1, -0.05) is 12.1 Å². The van der Waals surface area contributed by atoms with Crippen molar-refractivity contribution in [1.82, 2.24) is 0 Å². The molecule has 1 fully saturated rings. The van der Waals surface area contributed by atoms with Crippen molar-refractivity contribution >= 4 is 17.1 Å². The van der Waals surface area contributed by atoms with E-state index in [4.69, 9.17) is 0 Å². The minimum absolute atomic E-state index is 0.0132. The number of rotatable bonds is 5. The summed E-state index contributed by atoms with van der Waals surface area (Å²) in [5.41, 5.74) is 2.51. The zero-order chi connectivity index (χ0) is 20.3. The summed E-state index contributed by atoms with van der Waals surface area (Å²) in [5.74, 6) is -0.0132. The van der Waals surface area contributed by atoms with Crippen LogP contribution in [0.5, 0.6) is 0 Å². The molecule has 146 valence electrons. The van der Waals surface area contributed by atoms with Crippen LogP contribution in [0.2, 0.25) is 0 Å².